The molecule has 0 bridgehead atoms. The molecular weight excluding hydrogens is 296 g/mol. The fraction of sp³-hybridized carbons (Fsp3) is 0.188. The Kier molecular flexibility index (Phi) is 4.39. The van der Waals surface area contributed by atoms with Crippen LogP contribution in [0.25, 0.3) is 11.4 Å². The van der Waals surface area contributed by atoms with Crippen molar-refractivity contribution in [1.82, 2.24) is 19.7 Å². The lowest BCUT2D eigenvalue weighted by molar-refractivity contribution is 0.414. The van der Waals surface area contributed by atoms with Crippen LogP contribution in [0.15, 0.2) is 53.9 Å². The predicted molar refractivity (Wildman–Crippen MR) is 86.8 cm³/mol. The first kappa shape index (κ1) is 14.6. The van der Waals surface area contributed by atoms with Crippen molar-refractivity contribution in [2.45, 2.75) is 10.9 Å². The van der Waals surface area contributed by atoms with Gasteiger partial charge in [-0.3, -0.25) is 4.98 Å². The number of hydrogen-bond acceptors (Lipinski definition) is 5. The lowest BCUT2D eigenvalue weighted by Crippen LogP contribution is -1.95. The van der Waals surface area contributed by atoms with Crippen molar-refractivity contribution in [2.75, 3.05) is 7.11 Å². The van der Waals surface area contributed by atoms with Crippen molar-refractivity contribution in [3.05, 3.63) is 54.4 Å². The van der Waals surface area contributed by atoms with Crippen molar-refractivity contribution < 1.29 is 4.74 Å². The fourth-order valence-electron chi connectivity index (χ4n) is 2.06. The average molecular weight is 312 g/mol. The molecule has 3 rings (SSSR count). The van der Waals surface area contributed by atoms with Crippen LogP contribution in [-0.4, -0.2) is 26.9 Å². The molecule has 0 saturated carbocycles. The number of aromatic nitrogens is 4. The number of rotatable bonds is 5. The molecule has 2 heterocycles. The molecule has 0 aliphatic rings. The van der Waals surface area contributed by atoms with Gasteiger partial charge in [-0.1, -0.05) is 23.9 Å². The first-order chi connectivity index (χ1) is 10.8. The van der Waals surface area contributed by atoms with Gasteiger partial charge in [-0.05, 0) is 29.8 Å². The number of methoxy groups -OCH3 is 1. The van der Waals surface area contributed by atoms with Crippen molar-refractivity contribution >= 4 is 11.8 Å². The van der Waals surface area contributed by atoms with Gasteiger partial charge in [-0.25, -0.2) is 0 Å². The van der Waals surface area contributed by atoms with Crippen molar-refractivity contribution in [1.29, 1.82) is 0 Å². The molecule has 0 N–H and O–H groups in total. The first-order valence-electron chi connectivity index (χ1n) is 6.83. The highest BCUT2D eigenvalue weighted by atomic mass is 32.2. The summed E-state index contributed by atoms with van der Waals surface area (Å²) in [7, 11) is 3.65. The van der Waals surface area contributed by atoms with Gasteiger partial charge in [0, 0.05) is 30.8 Å². The highest BCUT2D eigenvalue weighted by molar-refractivity contribution is 7.98. The van der Waals surface area contributed by atoms with Gasteiger partial charge in [0.05, 0.1) is 7.11 Å². The van der Waals surface area contributed by atoms with Crippen molar-refractivity contribution in [3.63, 3.8) is 0 Å². The van der Waals surface area contributed by atoms with E-state index >= 15 is 0 Å². The molecule has 22 heavy (non-hydrogen) atoms. The Labute approximate surface area is 133 Å². The summed E-state index contributed by atoms with van der Waals surface area (Å²) in [6, 6.07) is 11.9. The average Bonchev–Trinajstić information content (AvgIpc) is 2.95. The maximum Gasteiger partial charge on any atom is 0.191 e. The van der Waals surface area contributed by atoms with Crippen LogP contribution in [0.3, 0.4) is 0 Å². The van der Waals surface area contributed by atoms with E-state index in [-0.39, 0.29) is 0 Å². The number of hydrogen-bond donors (Lipinski definition) is 0. The molecule has 2 aromatic heterocycles. The molecule has 3 aromatic rings. The van der Waals surface area contributed by atoms with Crippen LogP contribution in [0.1, 0.15) is 5.56 Å². The van der Waals surface area contributed by atoms with E-state index in [4.69, 9.17) is 4.74 Å². The number of benzene rings is 1. The molecule has 6 heteroatoms. The summed E-state index contributed by atoms with van der Waals surface area (Å²) in [5.41, 5.74) is 2.24. The van der Waals surface area contributed by atoms with Crippen molar-refractivity contribution in [3.8, 4) is 17.1 Å². The van der Waals surface area contributed by atoms with Crippen LogP contribution in [0.2, 0.25) is 0 Å². The highest BCUT2D eigenvalue weighted by Crippen LogP contribution is 2.25. The molecule has 112 valence electrons. The predicted octanol–water partition coefficient (Wildman–Crippen LogP) is 3.18. The normalized spacial score (nSPS) is 10.6. The first-order valence-corrected chi connectivity index (χ1v) is 7.82. The van der Waals surface area contributed by atoms with Crippen LogP contribution in [-0.2, 0) is 12.8 Å². The molecule has 0 fully saturated rings. The van der Waals surface area contributed by atoms with Gasteiger partial charge in [0.2, 0.25) is 0 Å². The molecule has 0 spiro atoms. The third-order valence-corrected chi connectivity index (χ3v) is 4.39. The smallest absolute Gasteiger partial charge is 0.191 e. The van der Waals surface area contributed by atoms with Gasteiger partial charge < -0.3 is 9.30 Å². The standard InChI is InChI=1S/C16H16N4OS/c1-20-15(13-7-9-17-10-8-13)18-19-16(20)22-11-12-3-5-14(21-2)6-4-12/h3-10H,11H2,1-2H3. The molecule has 0 amide bonds. The Morgan fingerprint density at radius 1 is 1.05 bits per heavy atom. The van der Waals surface area contributed by atoms with E-state index in [2.05, 4.69) is 27.3 Å². The van der Waals surface area contributed by atoms with Gasteiger partial charge in [0.25, 0.3) is 0 Å². The van der Waals surface area contributed by atoms with E-state index in [9.17, 15) is 0 Å². The summed E-state index contributed by atoms with van der Waals surface area (Å²) < 4.78 is 7.17. The van der Waals surface area contributed by atoms with Crippen LogP contribution in [0.5, 0.6) is 5.75 Å². The third-order valence-electron chi connectivity index (χ3n) is 3.30. The Morgan fingerprint density at radius 2 is 1.77 bits per heavy atom. The number of pyridine rings is 1. The van der Waals surface area contributed by atoms with Crippen LogP contribution in [0, 0.1) is 0 Å². The SMILES string of the molecule is COc1ccc(CSc2nnc(-c3ccncc3)n2C)cc1. The zero-order chi connectivity index (χ0) is 15.4. The molecule has 1 aromatic carbocycles. The number of ether oxygens (including phenoxy) is 1. The zero-order valence-corrected chi connectivity index (χ0v) is 13.2. The highest BCUT2D eigenvalue weighted by Gasteiger charge is 2.11. The monoisotopic (exact) mass is 312 g/mol. The lowest BCUT2D eigenvalue weighted by atomic mass is 10.2. The Bertz CT molecular complexity index is 741. The lowest BCUT2D eigenvalue weighted by Gasteiger charge is -2.05. The van der Waals surface area contributed by atoms with E-state index in [0.29, 0.717) is 0 Å². The minimum atomic E-state index is 0.840. The second kappa shape index (κ2) is 6.62. The van der Waals surface area contributed by atoms with Gasteiger partial charge in [-0.15, -0.1) is 10.2 Å². The largest absolute Gasteiger partial charge is 0.497 e. The van der Waals surface area contributed by atoms with Gasteiger partial charge in [-0.2, -0.15) is 0 Å². The summed E-state index contributed by atoms with van der Waals surface area (Å²) in [5, 5.41) is 9.43. The van der Waals surface area contributed by atoms with Crippen molar-refractivity contribution in [2.24, 2.45) is 7.05 Å². The fourth-order valence-corrected chi connectivity index (χ4v) is 2.93. The summed E-state index contributed by atoms with van der Waals surface area (Å²) in [6.07, 6.45) is 3.52. The van der Waals surface area contributed by atoms with Crippen LogP contribution < -0.4 is 4.74 Å². The van der Waals surface area contributed by atoms with Gasteiger partial charge in [0.15, 0.2) is 11.0 Å². The van der Waals surface area contributed by atoms with Gasteiger partial charge >= 0.3 is 0 Å². The van der Waals surface area contributed by atoms with E-state index in [1.54, 1.807) is 31.3 Å². The quantitative estimate of drug-likeness (QED) is 0.677. The second-order valence-corrected chi connectivity index (χ2v) is 5.68. The third kappa shape index (κ3) is 3.12. The molecular formula is C16H16N4OS. The number of nitrogens with zero attached hydrogens (tertiary/aromatic N) is 4. The molecule has 0 aliphatic heterocycles. The van der Waals surface area contributed by atoms with E-state index in [1.165, 1.54) is 5.56 Å². The Balaban J connectivity index is 1.72. The molecule has 0 unspecified atom stereocenters. The molecule has 0 radical (unpaired) electrons. The summed E-state index contributed by atoms with van der Waals surface area (Å²) in [5.74, 6) is 2.55. The molecule has 0 atom stereocenters. The summed E-state index contributed by atoms with van der Waals surface area (Å²) in [4.78, 5) is 4.02. The summed E-state index contributed by atoms with van der Waals surface area (Å²) >= 11 is 1.66. The number of thioether (sulfide) groups is 1. The van der Waals surface area contributed by atoms with E-state index < -0.39 is 0 Å². The van der Waals surface area contributed by atoms with Crippen LogP contribution >= 0.6 is 11.8 Å². The minimum Gasteiger partial charge on any atom is -0.497 e. The van der Waals surface area contributed by atoms with E-state index in [0.717, 1.165) is 28.0 Å². The topological polar surface area (TPSA) is 52.8 Å². The Morgan fingerprint density at radius 3 is 2.45 bits per heavy atom. The maximum atomic E-state index is 5.17. The second-order valence-electron chi connectivity index (χ2n) is 4.74. The maximum absolute atomic E-state index is 5.17. The van der Waals surface area contributed by atoms with E-state index in [1.807, 2.05) is 35.9 Å². The Hall–Kier alpha value is -2.34. The minimum absolute atomic E-state index is 0.840. The molecule has 0 saturated heterocycles. The molecule has 5 nitrogen and oxygen atoms in total. The molecule has 0 aliphatic carbocycles. The van der Waals surface area contributed by atoms with Crippen LogP contribution in [0.4, 0.5) is 0 Å². The van der Waals surface area contributed by atoms with Gasteiger partial charge in [0.1, 0.15) is 5.75 Å². The summed E-state index contributed by atoms with van der Waals surface area (Å²) in [6.45, 7) is 0. The zero-order valence-electron chi connectivity index (χ0n) is 12.4.